The van der Waals surface area contributed by atoms with Crippen LogP contribution in [-0.4, -0.2) is 48.3 Å². The Kier molecular flexibility index (Phi) is 4.73. The van der Waals surface area contributed by atoms with E-state index in [1.54, 1.807) is 23.3 Å². The van der Waals surface area contributed by atoms with E-state index in [-0.39, 0.29) is 0 Å². The van der Waals surface area contributed by atoms with Crippen LogP contribution in [0.25, 0.3) is 0 Å². The molecule has 0 atom stereocenters. The van der Waals surface area contributed by atoms with Gasteiger partial charge in [-0.3, -0.25) is 0 Å². The molecule has 0 aromatic carbocycles. The van der Waals surface area contributed by atoms with Crippen molar-refractivity contribution in [1.82, 2.24) is 9.27 Å². The summed E-state index contributed by atoms with van der Waals surface area (Å²) in [5.41, 5.74) is 5.94. The molecule has 2 aliphatic rings. The molecule has 0 amide bonds. The molecule has 20 heavy (non-hydrogen) atoms. The fourth-order valence-corrected chi connectivity index (χ4v) is 5.07. The Morgan fingerprint density at radius 2 is 1.95 bits per heavy atom. The van der Waals surface area contributed by atoms with E-state index in [2.05, 4.69) is 20.4 Å². The van der Waals surface area contributed by atoms with Crippen LogP contribution in [0.4, 0.5) is 10.8 Å². The Labute approximate surface area is 129 Å². The first-order valence-corrected chi connectivity index (χ1v) is 9.54. The van der Waals surface area contributed by atoms with Crippen LogP contribution in [0.2, 0.25) is 0 Å². The number of likely N-dealkylation sites (tertiary alicyclic amines) is 1. The van der Waals surface area contributed by atoms with Gasteiger partial charge in [0.2, 0.25) is 0 Å². The summed E-state index contributed by atoms with van der Waals surface area (Å²) < 4.78 is 4.31. The lowest BCUT2D eigenvalue weighted by Gasteiger charge is -2.34. The third-order valence-electron chi connectivity index (χ3n) is 4.48. The molecular weight excluding hydrogens is 288 g/mol. The molecule has 0 spiro atoms. The van der Waals surface area contributed by atoms with Crippen LogP contribution in [-0.2, 0) is 0 Å². The van der Waals surface area contributed by atoms with E-state index in [4.69, 9.17) is 5.73 Å². The lowest BCUT2D eigenvalue weighted by atomic mass is 9.96. The van der Waals surface area contributed by atoms with E-state index in [9.17, 15) is 0 Å². The third kappa shape index (κ3) is 3.07. The minimum absolute atomic E-state index is 0.705. The number of aromatic nitrogens is 1. The van der Waals surface area contributed by atoms with Crippen molar-refractivity contribution in [2.75, 3.05) is 49.6 Å². The smallest absolute Gasteiger partial charge is 0.153 e. The highest BCUT2D eigenvalue weighted by Gasteiger charge is 2.25. The van der Waals surface area contributed by atoms with E-state index in [0.29, 0.717) is 5.82 Å². The molecule has 0 aliphatic carbocycles. The monoisotopic (exact) mass is 312 g/mol. The van der Waals surface area contributed by atoms with Crippen molar-refractivity contribution in [3.8, 4) is 0 Å². The molecule has 2 fully saturated rings. The summed E-state index contributed by atoms with van der Waals surface area (Å²) in [5, 5.41) is 1.29. The number of hydrogen-bond acceptors (Lipinski definition) is 6. The molecule has 2 saturated heterocycles. The summed E-state index contributed by atoms with van der Waals surface area (Å²) in [4.78, 5) is 6.31. The van der Waals surface area contributed by atoms with Gasteiger partial charge < -0.3 is 15.5 Å². The van der Waals surface area contributed by atoms with Crippen molar-refractivity contribution in [3.05, 3.63) is 0 Å². The van der Waals surface area contributed by atoms with E-state index >= 15 is 0 Å². The Morgan fingerprint density at radius 3 is 2.60 bits per heavy atom. The number of thioether (sulfide) groups is 1. The molecule has 4 nitrogen and oxygen atoms in total. The van der Waals surface area contributed by atoms with Crippen LogP contribution in [0.3, 0.4) is 0 Å². The fraction of sp³-hybridized carbons (Fsp3) is 0.786. The van der Waals surface area contributed by atoms with Gasteiger partial charge in [-0.15, -0.1) is 11.8 Å². The number of anilines is 2. The van der Waals surface area contributed by atoms with E-state index in [1.807, 2.05) is 0 Å². The molecule has 112 valence electrons. The minimum Gasteiger partial charge on any atom is -0.382 e. The topological polar surface area (TPSA) is 45.4 Å². The minimum atomic E-state index is 0.705. The van der Waals surface area contributed by atoms with Crippen molar-refractivity contribution in [3.63, 3.8) is 0 Å². The second-order valence-electron chi connectivity index (χ2n) is 5.84. The van der Waals surface area contributed by atoms with Gasteiger partial charge in [0.15, 0.2) is 5.82 Å². The van der Waals surface area contributed by atoms with Gasteiger partial charge in [0.1, 0.15) is 5.00 Å². The Hall–Kier alpha value is -0.460. The number of nitrogens with zero attached hydrogens (tertiary/aromatic N) is 3. The second-order valence-corrected chi connectivity index (χ2v) is 7.41. The molecule has 3 rings (SSSR count). The zero-order valence-electron chi connectivity index (χ0n) is 12.2. The maximum Gasteiger partial charge on any atom is 0.153 e. The van der Waals surface area contributed by atoms with Gasteiger partial charge in [0.25, 0.3) is 0 Å². The Morgan fingerprint density at radius 1 is 1.25 bits per heavy atom. The summed E-state index contributed by atoms with van der Waals surface area (Å²) in [7, 11) is 0. The van der Waals surface area contributed by atoms with Crippen LogP contribution in [0.5, 0.6) is 0 Å². The lowest BCUT2D eigenvalue weighted by Crippen LogP contribution is -2.38. The predicted octanol–water partition coefficient (Wildman–Crippen LogP) is 2.76. The molecule has 2 N–H and O–H groups in total. The van der Waals surface area contributed by atoms with Crippen molar-refractivity contribution in [2.24, 2.45) is 5.92 Å². The molecular formula is C14H24N4S2. The van der Waals surface area contributed by atoms with Gasteiger partial charge in [-0.05, 0) is 62.5 Å². The van der Waals surface area contributed by atoms with Gasteiger partial charge >= 0.3 is 0 Å². The van der Waals surface area contributed by atoms with E-state index in [1.165, 1.54) is 55.2 Å². The Balaban J connectivity index is 1.55. The van der Waals surface area contributed by atoms with Gasteiger partial charge in [-0.2, -0.15) is 4.37 Å². The van der Waals surface area contributed by atoms with Crippen molar-refractivity contribution >= 4 is 34.1 Å². The zero-order valence-corrected chi connectivity index (χ0v) is 13.8. The molecule has 3 heterocycles. The average Bonchev–Trinajstić information content (AvgIpc) is 3.09. The maximum absolute atomic E-state index is 5.94. The standard InChI is InChI=1S/C14H24N4S2/c1-19-12-13(15)16-20-14(12)18-8-4-11(5-9-18)10-17-6-2-3-7-17/h11H,2-10H2,1H3,(H2,15,16). The van der Waals surface area contributed by atoms with Crippen LogP contribution < -0.4 is 10.6 Å². The normalized spacial score (nSPS) is 21.8. The van der Waals surface area contributed by atoms with Crippen molar-refractivity contribution in [1.29, 1.82) is 0 Å². The summed E-state index contributed by atoms with van der Waals surface area (Å²) in [6.07, 6.45) is 7.50. The van der Waals surface area contributed by atoms with E-state index < -0.39 is 0 Å². The predicted molar refractivity (Wildman–Crippen MR) is 88.9 cm³/mol. The van der Waals surface area contributed by atoms with Gasteiger partial charge in [-0.25, -0.2) is 0 Å². The van der Waals surface area contributed by atoms with Gasteiger partial charge in [0, 0.05) is 19.6 Å². The highest BCUT2D eigenvalue weighted by molar-refractivity contribution is 7.99. The average molecular weight is 313 g/mol. The molecule has 0 unspecified atom stereocenters. The van der Waals surface area contributed by atoms with Crippen molar-refractivity contribution < 1.29 is 0 Å². The largest absolute Gasteiger partial charge is 0.382 e. The number of hydrogen-bond donors (Lipinski definition) is 1. The quantitative estimate of drug-likeness (QED) is 0.866. The van der Waals surface area contributed by atoms with Crippen LogP contribution in [0, 0.1) is 5.92 Å². The summed E-state index contributed by atoms with van der Waals surface area (Å²) in [6.45, 7) is 6.28. The first-order chi connectivity index (χ1) is 9.78. The van der Waals surface area contributed by atoms with Gasteiger partial charge in [-0.1, -0.05) is 0 Å². The summed E-state index contributed by atoms with van der Waals surface area (Å²) in [5.74, 6) is 1.59. The zero-order chi connectivity index (χ0) is 13.9. The first-order valence-electron chi connectivity index (χ1n) is 7.54. The number of nitrogen functional groups attached to an aromatic ring is 1. The summed E-state index contributed by atoms with van der Waals surface area (Å²) >= 11 is 3.28. The molecule has 0 bridgehead atoms. The summed E-state index contributed by atoms with van der Waals surface area (Å²) in [6, 6.07) is 0. The SMILES string of the molecule is CSc1c(N)nsc1N1CCC(CN2CCCC2)CC1. The van der Waals surface area contributed by atoms with Crippen LogP contribution in [0.1, 0.15) is 25.7 Å². The highest BCUT2D eigenvalue weighted by Crippen LogP contribution is 2.39. The maximum atomic E-state index is 5.94. The molecule has 0 saturated carbocycles. The van der Waals surface area contributed by atoms with Gasteiger partial charge in [0.05, 0.1) is 4.90 Å². The number of nitrogens with two attached hydrogens (primary N) is 1. The molecule has 1 aromatic heterocycles. The third-order valence-corrected chi connectivity index (χ3v) is 6.34. The lowest BCUT2D eigenvalue weighted by molar-refractivity contribution is 0.249. The molecule has 1 aromatic rings. The highest BCUT2D eigenvalue weighted by atomic mass is 32.2. The van der Waals surface area contributed by atoms with Crippen molar-refractivity contribution in [2.45, 2.75) is 30.6 Å². The number of piperidine rings is 1. The fourth-order valence-electron chi connectivity index (χ4n) is 3.33. The number of rotatable bonds is 4. The molecule has 2 aliphatic heterocycles. The molecule has 6 heteroatoms. The van der Waals surface area contributed by atoms with E-state index in [0.717, 1.165) is 19.0 Å². The van der Waals surface area contributed by atoms with Crippen LogP contribution in [0.15, 0.2) is 4.90 Å². The Bertz CT molecular complexity index is 434. The first kappa shape index (κ1) is 14.5. The second kappa shape index (κ2) is 6.54. The molecule has 0 radical (unpaired) electrons. The van der Waals surface area contributed by atoms with Crippen LogP contribution >= 0.6 is 23.3 Å².